The second-order valence-electron chi connectivity index (χ2n) is 7.84. The van der Waals surface area contributed by atoms with Crippen molar-refractivity contribution in [3.8, 4) is 11.1 Å². The Hall–Kier alpha value is -3.00. The highest BCUT2D eigenvalue weighted by Gasteiger charge is 2.47. The Balaban J connectivity index is 0.00000205. The molecule has 8 nitrogen and oxygen atoms in total. The number of nitrogens with two attached hydrogens (primary N) is 1. The maximum atomic E-state index is 9.51. The van der Waals surface area contributed by atoms with E-state index in [1.165, 1.54) is 0 Å². The SMILES string of the molecule is C.CC(c1ccc(-c2cnc(N)nc2)cc1)(c1noc(N2CC(O)C2)n1)C1CC1. The summed E-state index contributed by atoms with van der Waals surface area (Å²) in [7, 11) is 0. The summed E-state index contributed by atoms with van der Waals surface area (Å²) in [5, 5.41) is 13.8. The van der Waals surface area contributed by atoms with Crippen LogP contribution in [0.4, 0.5) is 12.0 Å². The topological polar surface area (TPSA) is 114 Å². The van der Waals surface area contributed by atoms with E-state index in [1.807, 2.05) is 4.90 Å². The molecule has 3 heterocycles. The molecule has 1 aliphatic heterocycles. The van der Waals surface area contributed by atoms with E-state index in [2.05, 4.69) is 51.3 Å². The van der Waals surface area contributed by atoms with Gasteiger partial charge in [0, 0.05) is 18.0 Å². The van der Waals surface area contributed by atoms with Crippen molar-refractivity contribution in [2.75, 3.05) is 23.7 Å². The smallest absolute Gasteiger partial charge is 0.324 e. The maximum Gasteiger partial charge on any atom is 0.324 e. The molecule has 152 valence electrons. The molecule has 29 heavy (non-hydrogen) atoms. The third kappa shape index (κ3) is 3.33. The Labute approximate surface area is 169 Å². The summed E-state index contributed by atoms with van der Waals surface area (Å²) in [5.41, 5.74) is 8.38. The summed E-state index contributed by atoms with van der Waals surface area (Å²) >= 11 is 0. The molecular formula is C21H26N6O2. The van der Waals surface area contributed by atoms with Gasteiger partial charge in [0.1, 0.15) is 0 Å². The number of rotatable bonds is 5. The zero-order valence-corrected chi connectivity index (χ0v) is 15.6. The van der Waals surface area contributed by atoms with Crippen LogP contribution < -0.4 is 10.6 Å². The van der Waals surface area contributed by atoms with E-state index in [9.17, 15) is 5.11 Å². The van der Waals surface area contributed by atoms with Crippen molar-refractivity contribution in [3.63, 3.8) is 0 Å². The molecule has 1 aliphatic carbocycles. The van der Waals surface area contributed by atoms with Crippen LogP contribution in [0, 0.1) is 5.92 Å². The van der Waals surface area contributed by atoms with Crippen molar-refractivity contribution in [2.24, 2.45) is 5.92 Å². The van der Waals surface area contributed by atoms with Crippen molar-refractivity contribution in [2.45, 2.75) is 38.7 Å². The summed E-state index contributed by atoms with van der Waals surface area (Å²) in [6.45, 7) is 3.27. The fraction of sp³-hybridized carbons (Fsp3) is 0.429. The van der Waals surface area contributed by atoms with Crippen LogP contribution in [0.25, 0.3) is 11.1 Å². The number of hydrogen-bond acceptors (Lipinski definition) is 8. The van der Waals surface area contributed by atoms with Gasteiger partial charge in [-0.2, -0.15) is 4.98 Å². The quantitative estimate of drug-likeness (QED) is 0.679. The third-order valence-electron chi connectivity index (χ3n) is 5.90. The minimum atomic E-state index is -0.310. The molecular weight excluding hydrogens is 368 g/mol. The van der Waals surface area contributed by atoms with Crippen molar-refractivity contribution in [1.82, 2.24) is 20.1 Å². The second-order valence-corrected chi connectivity index (χ2v) is 7.84. The summed E-state index contributed by atoms with van der Waals surface area (Å²) in [5.74, 6) is 1.46. The molecule has 1 saturated heterocycles. The molecule has 2 aromatic heterocycles. The number of hydrogen-bond donors (Lipinski definition) is 2. The average molecular weight is 394 g/mol. The van der Waals surface area contributed by atoms with Crippen molar-refractivity contribution in [3.05, 3.63) is 48.0 Å². The third-order valence-corrected chi connectivity index (χ3v) is 5.90. The molecule has 1 aromatic carbocycles. The highest BCUT2D eigenvalue weighted by Crippen LogP contribution is 2.50. The molecule has 1 saturated carbocycles. The first kappa shape index (κ1) is 19.3. The van der Waals surface area contributed by atoms with E-state index in [1.54, 1.807) is 12.4 Å². The van der Waals surface area contributed by atoms with Gasteiger partial charge in [0.15, 0.2) is 5.82 Å². The van der Waals surface area contributed by atoms with E-state index in [4.69, 9.17) is 10.3 Å². The summed E-state index contributed by atoms with van der Waals surface area (Å²) < 4.78 is 5.49. The van der Waals surface area contributed by atoms with Crippen LogP contribution >= 0.6 is 0 Å². The van der Waals surface area contributed by atoms with Crippen LogP contribution in [0.2, 0.25) is 0 Å². The minimum Gasteiger partial charge on any atom is -0.389 e. The van der Waals surface area contributed by atoms with Crippen molar-refractivity contribution >= 4 is 12.0 Å². The predicted molar refractivity (Wildman–Crippen MR) is 110 cm³/mol. The van der Waals surface area contributed by atoms with Crippen LogP contribution in [0.3, 0.4) is 0 Å². The zero-order valence-electron chi connectivity index (χ0n) is 15.6. The van der Waals surface area contributed by atoms with Gasteiger partial charge < -0.3 is 20.3 Å². The summed E-state index contributed by atoms with van der Waals surface area (Å²) in [4.78, 5) is 14.7. The predicted octanol–water partition coefficient (Wildman–Crippen LogP) is 2.64. The lowest BCUT2D eigenvalue weighted by Crippen LogP contribution is -2.51. The molecule has 3 N–H and O–H groups in total. The molecule has 0 amide bonds. The van der Waals surface area contributed by atoms with E-state index in [0.29, 0.717) is 30.8 Å². The molecule has 2 aliphatic rings. The Morgan fingerprint density at radius 1 is 1.10 bits per heavy atom. The lowest BCUT2D eigenvalue weighted by molar-refractivity contribution is 0.135. The molecule has 1 unspecified atom stereocenters. The number of aliphatic hydroxyl groups is 1. The largest absolute Gasteiger partial charge is 0.389 e. The van der Waals surface area contributed by atoms with Crippen LogP contribution in [-0.2, 0) is 5.41 Å². The van der Waals surface area contributed by atoms with Crippen LogP contribution in [0.5, 0.6) is 0 Å². The fourth-order valence-electron chi connectivity index (χ4n) is 3.87. The monoisotopic (exact) mass is 394 g/mol. The molecule has 0 bridgehead atoms. The normalized spacial score (nSPS) is 18.6. The highest BCUT2D eigenvalue weighted by atomic mass is 16.5. The van der Waals surface area contributed by atoms with Gasteiger partial charge in [0.05, 0.1) is 24.6 Å². The van der Waals surface area contributed by atoms with Gasteiger partial charge in [-0.1, -0.05) is 36.8 Å². The van der Waals surface area contributed by atoms with E-state index in [0.717, 1.165) is 29.5 Å². The highest BCUT2D eigenvalue weighted by molar-refractivity contribution is 5.62. The van der Waals surface area contributed by atoms with E-state index >= 15 is 0 Å². The van der Waals surface area contributed by atoms with Gasteiger partial charge in [0.25, 0.3) is 0 Å². The Morgan fingerprint density at radius 3 is 2.34 bits per heavy atom. The van der Waals surface area contributed by atoms with Crippen molar-refractivity contribution < 1.29 is 9.63 Å². The summed E-state index contributed by atoms with van der Waals surface area (Å²) in [6, 6.07) is 8.86. The number of aromatic nitrogens is 4. The number of aliphatic hydroxyl groups excluding tert-OH is 1. The Morgan fingerprint density at radius 2 is 1.76 bits per heavy atom. The lowest BCUT2D eigenvalue weighted by Gasteiger charge is -2.33. The van der Waals surface area contributed by atoms with Crippen LogP contribution in [0.1, 0.15) is 38.6 Å². The fourth-order valence-corrected chi connectivity index (χ4v) is 3.87. The number of nitrogens with zero attached hydrogens (tertiary/aromatic N) is 5. The molecule has 5 rings (SSSR count). The Bertz CT molecular complexity index is 977. The van der Waals surface area contributed by atoms with Gasteiger partial charge in [-0.05, 0) is 36.8 Å². The van der Waals surface area contributed by atoms with E-state index < -0.39 is 0 Å². The molecule has 0 radical (unpaired) electrons. The van der Waals surface area contributed by atoms with Gasteiger partial charge in [0.2, 0.25) is 5.95 Å². The standard InChI is InChI=1S/C20H22N6O2.CH4/c1-20(15-6-7-15,17-24-19(28-25-17)26-10-16(27)11-26)14-4-2-12(3-5-14)13-8-22-18(21)23-9-13;/h2-5,8-9,15-16,27H,6-7,10-11H2,1H3,(H2,21,22,23);1H4. The van der Waals surface area contributed by atoms with Gasteiger partial charge >= 0.3 is 6.01 Å². The molecule has 0 spiro atoms. The first-order valence-corrected chi connectivity index (χ1v) is 9.49. The lowest BCUT2D eigenvalue weighted by atomic mass is 9.77. The van der Waals surface area contributed by atoms with Gasteiger partial charge in [-0.3, -0.25) is 0 Å². The second kappa shape index (κ2) is 7.11. The number of nitrogen functional groups attached to an aromatic ring is 1. The number of β-amino-alcohol motifs (C(OH)–C–C–N with tert-alkyl or cyclic N) is 1. The number of benzene rings is 1. The maximum absolute atomic E-state index is 9.51. The zero-order chi connectivity index (χ0) is 19.3. The minimum absolute atomic E-state index is 0. The van der Waals surface area contributed by atoms with Gasteiger partial charge in [-0.25, -0.2) is 9.97 Å². The molecule has 8 heteroatoms. The summed E-state index contributed by atoms with van der Waals surface area (Å²) in [6.07, 6.45) is 5.44. The number of anilines is 2. The van der Waals surface area contributed by atoms with Crippen molar-refractivity contribution in [1.29, 1.82) is 0 Å². The Kier molecular flexibility index (Phi) is 4.74. The van der Waals surface area contributed by atoms with Gasteiger partial charge in [-0.15, -0.1) is 0 Å². The van der Waals surface area contributed by atoms with Crippen LogP contribution in [-0.4, -0.2) is 44.4 Å². The average Bonchev–Trinajstić information content (AvgIpc) is 3.43. The molecule has 3 aromatic rings. The first-order valence-electron chi connectivity index (χ1n) is 9.49. The molecule has 1 atom stereocenters. The first-order chi connectivity index (χ1) is 13.5. The van der Waals surface area contributed by atoms with E-state index in [-0.39, 0.29) is 24.9 Å². The van der Waals surface area contributed by atoms with Crippen LogP contribution in [0.15, 0.2) is 41.2 Å². The molecule has 2 fully saturated rings.